The smallest absolute Gasteiger partial charge is 0.320 e. The Morgan fingerprint density at radius 2 is 1.55 bits per heavy atom. The first-order chi connectivity index (χ1) is 14.9. The first kappa shape index (κ1) is 22.6. The topological polar surface area (TPSA) is 73.0 Å². The van der Waals surface area contributed by atoms with Crippen LogP contribution in [0.1, 0.15) is 22.3 Å². The average Bonchev–Trinajstić information content (AvgIpc) is 2.79. The predicted molar refractivity (Wildman–Crippen MR) is 120 cm³/mol. The van der Waals surface area contributed by atoms with Gasteiger partial charge in [0, 0.05) is 63.3 Å². The van der Waals surface area contributed by atoms with E-state index < -0.39 is 0 Å². The van der Waals surface area contributed by atoms with E-state index in [2.05, 4.69) is 5.32 Å². The van der Waals surface area contributed by atoms with E-state index in [1.165, 1.54) is 0 Å². The van der Waals surface area contributed by atoms with Gasteiger partial charge in [0.1, 0.15) is 0 Å². The minimum Gasteiger partial charge on any atom is -0.352 e. The summed E-state index contributed by atoms with van der Waals surface area (Å²) >= 11 is 5.82. The molecule has 7 nitrogen and oxygen atoms in total. The first-order valence-electron chi connectivity index (χ1n) is 10.3. The highest BCUT2D eigenvalue weighted by Crippen LogP contribution is 2.11. The molecule has 0 saturated carbocycles. The zero-order chi connectivity index (χ0) is 22.2. The number of nitrogens with one attached hydrogen (secondary N) is 1. The first-order valence-corrected chi connectivity index (χ1v) is 10.7. The molecule has 0 aliphatic carbocycles. The van der Waals surface area contributed by atoms with Gasteiger partial charge >= 0.3 is 6.03 Å². The minimum atomic E-state index is -0.235. The van der Waals surface area contributed by atoms with Crippen LogP contribution in [-0.2, 0) is 11.3 Å². The van der Waals surface area contributed by atoms with Crippen LogP contribution in [0, 0.1) is 0 Å². The summed E-state index contributed by atoms with van der Waals surface area (Å²) in [4.78, 5) is 42.4. The van der Waals surface area contributed by atoms with Crippen molar-refractivity contribution in [2.75, 3.05) is 39.8 Å². The van der Waals surface area contributed by atoms with Crippen molar-refractivity contribution in [3.8, 4) is 0 Å². The fourth-order valence-electron chi connectivity index (χ4n) is 3.46. The van der Waals surface area contributed by atoms with Crippen molar-refractivity contribution in [1.82, 2.24) is 20.0 Å². The zero-order valence-corrected chi connectivity index (χ0v) is 18.3. The van der Waals surface area contributed by atoms with E-state index in [4.69, 9.17) is 11.6 Å². The molecule has 0 unspecified atom stereocenters. The molecule has 8 heteroatoms. The number of hydrogen-bond donors (Lipinski definition) is 1. The molecule has 3 rings (SSSR count). The molecule has 2 aromatic rings. The van der Waals surface area contributed by atoms with Crippen molar-refractivity contribution in [3.05, 3.63) is 70.7 Å². The van der Waals surface area contributed by atoms with Crippen LogP contribution in [0.5, 0.6) is 0 Å². The van der Waals surface area contributed by atoms with Crippen molar-refractivity contribution in [2.24, 2.45) is 0 Å². The number of benzene rings is 2. The highest BCUT2D eigenvalue weighted by molar-refractivity contribution is 6.30. The number of hydrogen-bond acceptors (Lipinski definition) is 3. The lowest BCUT2D eigenvalue weighted by molar-refractivity contribution is -0.132. The molecule has 0 bridgehead atoms. The molecule has 0 spiro atoms. The maximum atomic E-state index is 12.7. The summed E-state index contributed by atoms with van der Waals surface area (Å²) < 4.78 is 0. The van der Waals surface area contributed by atoms with Crippen LogP contribution < -0.4 is 5.32 Å². The quantitative estimate of drug-likeness (QED) is 0.747. The van der Waals surface area contributed by atoms with Crippen molar-refractivity contribution < 1.29 is 14.4 Å². The Morgan fingerprint density at radius 3 is 2.19 bits per heavy atom. The normalized spacial score (nSPS) is 13.6. The van der Waals surface area contributed by atoms with Gasteiger partial charge in [-0.05, 0) is 29.8 Å². The lowest BCUT2D eigenvalue weighted by Crippen LogP contribution is -2.53. The standard InChI is InChI=1S/C23H27ClN4O3/c1-26(17-18-5-3-2-4-6-18)23(31)28-15-13-27(14-16-28)21(29)11-12-25-22(30)19-7-9-20(24)10-8-19/h2-10H,11-17H2,1H3,(H,25,30). The molecule has 0 radical (unpaired) electrons. The van der Waals surface area contributed by atoms with E-state index in [0.717, 1.165) is 5.56 Å². The molecule has 0 aromatic heterocycles. The summed E-state index contributed by atoms with van der Waals surface area (Å²) in [6.45, 7) is 2.80. The van der Waals surface area contributed by atoms with Crippen LogP contribution in [0.3, 0.4) is 0 Å². The number of amides is 4. The molecule has 0 atom stereocenters. The van der Waals surface area contributed by atoms with Crippen LogP contribution in [0.2, 0.25) is 5.02 Å². The Balaban J connectivity index is 1.38. The Morgan fingerprint density at radius 1 is 0.935 bits per heavy atom. The van der Waals surface area contributed by atoms with Gasteiger partial charge in [0.05, 0.1) is 0 Å². The second-order valence-electron chi connectivity index (χ2n) is 7.50. The van der Waals surface area contributed by atoms with E-state index in [-0.39, 0.29) is 30.8 Å². The lowest BCUT2D eigenvalue weighted by atomic mass is 10.2. The molecule has 1 aliphatic rings. The van der Waals surface area contributed by atoms with Crippen molar-refractivity contribution >= 4 is 29.4 Å². The van der Waals surface area contributed by atoms with Gasteiger partial charge in [-0.25, -0.2) is 4.79 Å². The lowest BCUT2D eigenvalue weighted by Gasteiger charge is -2.36. The molecule has 2 aromatic carbocycles. The molecule has 1 fully saturated rings. The fourth-order valence-corrected chi connectivity index (χ4v) is 3.58. The maximum Gasteiger partial charge on any atom is 0.320 e. The Hall–Kier alpha value is -3.06. The number of piperazine rings is 1. The van der Waals surface area contributed by atoms with Gasteiger partial charge in [0.15, 0.2) is 0 Å². The van der Waals surface area contributed by atoms with Gasteiger partial charge in [-0.15, -0.1) is 0 Å². The summed E-state index contributed by atoms with van der Waals surface area (Å²) in [5.74, 6) is -0.262. The minimum absolute atomic E-state index is 0.0267. The van der Waals surface area contributed by atoms with Crippen molar-refractivity contribution in [3.63, 3.8) is 0 Å². The molecule has 1 N–H and O–H groups in total. The van der Waals surface area contributed by atoms with Gasteiger partial charge in [-0.1, -0.05) is 41.9 Å². The van der Waals surface area contributed by atoms with Gasteiger partial charge < -0.3 is 20.0 Å². The number of rotatable bonds is 6. The number of carbonyl (C=O) groups is 3. The summed E-state index contributed by atoms with van der Waals surface area (Å²) in [5, 5.41) is 3.32. The molecule has 1 aliphatic heterocycles. The van der Waals surface area contributed by atoms with Gasteiger partial charge in [0.2, 0.25) is 5.91 Å². The van der Waals surface area contributed by atoms with Crippen molar-refractivity contribution in [1.29, 1.82) is 0 Å². The molecule has 164 valence electrons. The second kappa shape index (κ2) is 10.8. The number of carbonyl (C=O) groups excluding carboxylic acids is 3. The van der Waals surface area contributed by atoms with Crippen LogP contribution in [0.4, 0.5) is 4.79 Å². The summed E-state index contributed by atoms with van der Waals surface area (Å²) in [6, 6.07) is 16.4. The molecular formula is C23H27ClN4O3. The van der Waals surface area contributed by atoms with E-state index in [9.17, 15) is 14.4 Å². The van der Waals surface area contributed by atoms with Crippen LogP contribution >= 0.6 is 11.6 Å². The fraction of sp³-hybridized carbons (Fsp3) is 0.348. The Labute approximate surface area is 187 Å². The predicted octanol–water partition coefficient (Wildman–Crippen LogP) is 2.86. The highest BCUT2D eigenvalue weighted by atomic mass is 35.5. The zero-order valence-electron chi connectivity index (χ0n) is 17.6. The van der Waals surface area contributed by atoms with E-state index in [1.54, 1.807) is 46.0 Å². The van der Waals surface area contributed by atoms with Gasteiger partial charge in [-0.2, -0.15) is 0 Å². The summed E-state index contributed by atoms with van der Waals surface area (Å²) in [7, 11) is 1.79. The summed E-state index contributed by atoms with van der Waals surface area (Å²) in [6.07, 6.45) is 0.223. The maximum absolute atomic E-state index is 12.7. The van der Waals surface area contributed by atoms with Gasteiger partial charge in [0.25, 0.3) is 5.91 Å². The van der Waals surface area contributed by atoms with Gasteiger partial charge in [-0.3, -0.25) is 9.59 Å². The summed E-state index contributed by atoms with van der Waals surface area (Å²) in [5.41, 5.74) is 1.58. The number of halogens is 1. The van der Waals surface area contributed by atoms with Crippen LogP contribution in [0.15, 0.2) is 54.6 Å². The SMILES string of the molecule is CN(Cc1ccccc1)C(=O)N1CCN(C(=O)CCNC(=O)c2ccc(Cl)cc2)CC1. The third kappa shape index (κ3) is 6.46. The van der Waals surface area contributed by atoms with E-state index in [1.807, 2.05) is 30.3 Å². The second-order valence-corrected chi connectivity index (χ2v) is 7.94. The molecule has 1 heterocycles. The third-order valence-corrected chi connectivity index (χ3v) is 5.47. The monoisotopic (exact) mass is 442 g/mol. The van der Waals surface area contributed by atoms with Crippen molar-refractivity contribution in [2.45, 2.75) is 13.0 Å². The molecule has 31 heavy (non-hydrogen) atoms. The molecular weight excluding hydrogens is 416 g/mol. The largest absolute Gasteiger partial charge is 0.352 e. The average molecular weight is 443 g/mol. The Bertz CT molecular complexity index is 897. The van der Waals surface area contributed by atoms with Crippen LogP contribution in [-0.4, -0.2) is 72.3 Å². The Kier molecular flexibility index (Phi) is 7.89. The highest BCUT2D eigenvalue weighted by Gasteiger charge is 2.25. The number of nitrogens with zero attached hydrogens (tertiary/aromatic N) is 3. The van der Waals surface area contributed by atoms with E-state index >= 15 is 0 Å². The third-order valence-electron chi connectivity index (χ3n) is 5.22. The van der Waals surface area contributed by atoms with E-state index in [0.29, 0.717) is 43.3 Å². The molecule has 1 saturated heterocycles. The van der Waals surface area contributed by atoms with Crippen LogP contribution in [0.25, 0.3) is 0 Å². The molecule has 4 amide bonds. The number of urea groups is 1.